The normalized spacial score (nSPS) is 21.8. The molecule has 0 saturated carbocycles. The van der Waals surface area contributed by atoms with Crippen LogP contribution in [0.1, 0.15) is 17.5 Å². The van der Waals surface area contributed by atoms with Crippen molar-refractivity contribution in [2.45, 2.75) is 6.42 Å². The Kier molecular flexibility index (Phi) is 3.45. The van der Waals surface area contributed by atoms with Crippen molar-refractivity contribution in [1.82, 2.24) is 0 Å². The number of ether oxygens (including phenoxy) is 2. The summed E-state index contributed by atoms with van der Waals surface area (Å²) in [5, 5.41) is 0. The Hall–Kier alpha value is -2.48. The summed E-state index contributed by atoms with van der Waals surface area (Å²) in [7, 11) is 3.43. The molecule has 2 heteroatoms. The number of allylic oxidation sites excluding steroid dienone is 4. The highest BCUT2D eigenvalue weighted by atomic mass is 16.5. The molecule has 2 bridgehead atoms. The second kappa shape index (κ2) is 5.62. The average molecular weight is 304 g/mol. The lowest BCUT2D eigenvalue weighted by molar-refractivity contribution is 0.414. The van der Waals surface area contributed by atoms with Gasteiger partial charge in [0.1, 0.15) is 11.5 Å². The lowest BCUT2D eigenvalue weighted by Gasteiger charge is -2.18. The molecule has 23 heavy (non-hydrogen) atoms. The molecule has 0 aromatic heterocycles. The smallest absolute Gasteiger partial charge is 0.119 e. The minimum atomic E-state index is 0.518. The molecule has 2 aromatic rings. The van der Waals surface area contributed by atoms with Gasteiger partial charge in [0, 0.05) is 11.8 Å². The lowest BCUT2D eigenvalue weighted by Crippen LogP contribution is -1.99. The molecule has 0 N–H and O–H groups in total. The minimum absolute atomic E-state index is 0.518. The van der Waals surface area contributed by atoms with Crippen molar-refractivity contribution >= 4 is 11.1 Å². The molecule has 4 rings (SSSR count). The molecule has 2 aliphatic carbocycles. The topological polar surface area (TPSA) is 18.5 Å². The van der Waals surface area contributed by atoms with Crippen molar-refractivity contribution in [3.63, 3.8) is 0 Å². The fourth-order valence-electron chi connectivity index (χ4n) is 3.83. The van der Waals surface area contributed by atoms with Gasteiger partial charge in [-0.2, -0.15) is 0 Å². The van der Waals surface area contributed by atoms with Crippen molar-refractivity contribution in [3.05, 3.63) is 71.8 Å². The van der Waals surface area contributed by atoms with E-state index in [9.17, 15) is 0 Å². The van der Waals surface area contributed by atoms with E-state index in [1.165, 1.54) is 28.7 Å². The number of rotatable bonds is 4. The first kappa shape index (κ1) is 14.1. The van der Waals surface area contributed by atoms with Gasteiger partial charge in [-0.25, -0.2) is 0 Å². The van der Waals surface area contributed by atoms with Gasteiger partial charge in [0.05, 0.1) is 14.2 Å². The highest BCUT2D eigenvalue weighted by Gasteiger charge is 2.36. The summed E-state index contributed by atoms with van der Waals surface area (Å²) in [6.45, 7) is 0. The number of hydrogen-bond donors (Lipinski definition) is 0. The van der Waals surface area contributed by atoms with E-state index in [4.69, 9.17) is 9.47 Å². The van der Waals surface area contributed by atoms with Gasteiger partial charge in [0.15, 0.2) is 0 Å². The Morgan fingerprint density at radius 1 is 0.739 bits per heavy atom. The predicted octanol–water partition coefficient (Wildman–Crippen LogP) is 4.82. The number of hydrogen-bond acceptors (Lipinski definition) is 2. The van der Waals surface area contributed by atoms with Crippen LogP contribution in [0.3, 0.4) is 0 Å². The van der Waals surface area contributed by atoms with Crippen LogP contribution in [0.4, 0.5) is 0 Å². The summed E-state index contributed by atoms with van der Waals surface area (Å²) in [5.41, 5.74) is 5.46. The Balaban J connectivity index is 1.83. The fraction of sp³-hybridized carbons (Fsp3) is 0.238. The largest absolute Gasteiger partial charge is 0.497 e. The molecule has 2 aromatic carbocycles. The van der Waals surface area contributed by atoms with E-state index in [-0.39, 0.29) is 0 Å². The summed E-state index contributed by atoms with van der Waals surface area (Å²) in [5.74, 6) is 2.85. The van der Waals surface area contributed by atoms with Crippen molar-refractivity contribution in [2.75, 3.05) is 14.2 Å². The Bertz CT molecular complexity index is 784. The van der Waals surface area contributed by atoms with Crippen molar-refractivity contribution in [1.29, 1.82) is 0 Å². The van der Waals surface area contributed by atoms with Crippen molar-refractivity contribution in [3.8, 4) is 11.5 Å². The highest BCUT2D eigenvalue weighted by Crippen LogP contribution is 2.52. The molecule has 2 nitrogen and oxygen atoms in total. The van der Waals surface area contributed by atoms with E-state index >= 15 is 0 Å². The predicted molar refractivity (Wildman–Crippen MR) is 93.5 cm³/mol. The van der Waals surface area contributed by atoms with E-state index in [0.29, 0.717) is 11.8 Å². The molecule has 0 spiro atoms. The van der Waals surface area contributed by atoms with Crippen LogP contribution in [0.5, 0.6) is 11.5 Å². The molecular formula is C21H20O2. The van der Waals surface area contributed by atoms with Gasteiger partial charge in [-0.15, -0.1) is 0 Å². The van der Waals surface area contributed by atoms with Gasteiger partial charge in [0.2, 0.25) is 0 Å². The van der Waals surface area contributed by atoms with Gasteiger partial charge in [-0.1, -0.05) is 36.4 Å². The van der Waals surface area contributed by atoms with Crippen LogP contribution < -0.4 is 9.47 Å². The Morgan fingerprint density at radius 3 is 2.04 bits per heavy atom. The monoisotopic (exact) mass is 304 g/mol. The van der Waals surface area contributed by atoms with E-state index in [1.54, 1.807) is 14.2 Å². The number of fused-ring (bicyclic) bond motifs is 2. The third kappa shape index (κ3) is 2.35. The fourth-order valence-corrected chi connectivity index (χ4v) is 3.83. The summed E-state index contributed by atoms with van der Waals surface area (Å²) < 4.78 is 10.7. The summed E-state index contributed by atoms with van der Waals surface area (Å²) in [6.07, 6.45) is 5.90. The molecule has 2 aliphatic rings. The maximum Gasteiger partial charge on any atom is 0.119 e. The first-order chi connectivity index (χ1) is 11.3. The summed E-state index contributed by atoms with van der Waals surface area (Å²) in [4.78, 5) is 0. The molecule has 0 heterocycles. The van der Waals surface area contributed by atoms with Crippen molar-refractivity contribution in [2.24, 2.45) is 11.8 Å². The van der Waals surface area contributed by atoms with Gasteiger partial charge < -0.3 is 9.47 Å². The number of methoxy groups -OCH3 is 2. The zero-order chi connectivity index (χ0) is 15.8. The van der Waals surface area contributed by atoms with Crippen LogP contribution in [-0.4, -0.2) is 14.2 Å². The zero-order valence-corrected chi connectivity index (χ0v) is 13.5. The van der Waals surface area contributed by atoms with Gasteiger partial charge in [-0.05, 0) is 53.0 Å². The molecule has 0 fully saturated rings. The molecule has 0 saturated heterocycles. The van der Waals surface area contributed by atoms with Gasteiger partial charge >= 0.3 is 0 Å². The van der Waals surface area contributed by atoms with Gasteiger partial charge in [0.25, 0.3) is 0 Å². The van der Waals surface area contributed by atoms with Crippen LogP contribution in [0.25, 0.3) is 11.1 Å². The van der Waals surface area contributed by atoms with E-state index < -0.39 is 0 Å². The third-order valence-corrected chi connectivity index (χ3v) is 4.90. The van der Waals surface area contributed by atoms with Crippen LogP contribution in [0, 0.1) is 11.8 Å². The molecule has 0 radical (unpaired) electrons. The quantitative estimate of drug-likeness (QED) is 0.754. The summed E-state index contributed by atoms with van der Waals surface area (Å²) >= 11 is 0. The standard InChI is InChI=1S/C21H20O2/c1-22-18-10-8-14(9-11-18)20-16-6-7-17(12-16)21(20)15-4-3-5-19(13-15)23-2/h3-11,13,16-17H,12H2,1-2H3. The molecule has 2 atom stereocenters. The van der Waals surface area contributed by atoms with Crippen LogP contribution in [-0.2, 0) is 0 Å². The molecular weight excluding hydrogens is 284 g/mol. The van der Waals surface area contributed by atoms with Crippen LogP contribution in [0.2, 0.25) is 0 Å². The third-order valence-electron chi connectivity index (χ3n) is 4.90. The van der Waals surface area contributed by atoms with Crippen LogP contribution in [0.15, 0.2) is 60.7 Å². The first-order valence-electron chi connectivity index (χ1n) is 8.01. The van der Waals surface area contributed by atoms with E-state index in [1.807, 2.05) is 18.2 Å². The molecule has 116 valence electrons. The lowest BCUT2D eigenvalue weighted by atomic mass is 9.87. The Morgan fingerprint density at radius 2 is 1.39 bits per heavy atom. The maximum atomic E-state index is 5.41. The SMILES string of the molecule is COc1ccc(C2=C(c3cccc(OC)c3)C3C=CC2C3)cc1. The van der Waals surface area contributed by atoms with Crippen LogP contribution >= 0.6 is 0 Å². The second-order valence-corrected chi connectivity index (χ2v) is 6.12. The molecule has 0 amide bonds. The second-order valence-electron chi connectivity index (χ2n) is 6.12. The van der Waals surface area contributed by atoms with Gasteiger partial charge in [-0.3, -0.25) is 0 Å². The first-order valence-corrected chi connectivity index (χ1v) is 8.01. The molecule has 0 aliphatic heterocycles. The van der Waals surface area contributed by atoms with E-state index in [0.717, 1.165) is 11.5 Å². The molecule has 2 unspecified atom stereocenters. The van der Waals surface area contributed by atoms with Crippen molar-refractivity contribution < 1.29 is 9.47 Å². The Labute approximate surface area is 137 Å². The van der Waals surface area contributed by atoms with E-state index in [2.05, 4.69) is 42.5 Å². The zero-order valence-electron chi connectivity index (χ0n) is 13.5. The maximum absolute atomic E-state index is 5.41. The average Bonchev–Trinajstić information content (AvgIpc) is 3.23. The summed E-state index contributed by atoms with van der Waals surface area (Å²) in [6, 6.07) is 16.8. The number of benzene rings is 2. The minimum Gasteiger partial charge on any atom is -0.497 e. The highest BCUT2D eigenvalue weighted by molar-refractivity contribution is 5.98.